The smallest absolute Gasteiger partial charge is 0.330 e. The number of benzene rings is 2. The van der Waals surface area contributed by atoms with Gasteiger partial charge in [0.1, 0.15) is 0 Å². The standard InChI is InChI=1S/C19H23ClN2O2/c1-19(2,3)18(23)24-22-12-10-21(11-13-22)16-9-5-7-14-6-4-8-15(20)17(14)16/h4-9H,10-13H2,1-3H3. The first-order chi connectivity index (χ1) is 11.4. The third-order valence-electron chi connectivity index (χ3n) is 4.24. The summed E-state index contributed by atoms with van der Waals surface area (Å²) in [5, 5.41) is 4.75. The van der Waals surface area contributed by atoms with Crippen LogP contribution in [0.1, 0.15) is 20.8 Å². The molecule has 1 aliphatic rings. The van der Waals surface area contributed by atoms with Gasteiger partial charge in [0, 0.05) is 24.2 Å². The minimum atomic E-state index is -0.486. The van der Waals surface area contributed by atoms with Crippen molar-refractivity contribution in [3.05, 3.63) is 41.4 Å². The summed E-state index contributed by atoms with van der Waals surface area (Å²) in [5.74, 6) is -0.191. The van der Waals surface area contributed by atoms with Gasteiger partial charge in [-0.1, -0.05) is 35.9 Å². The van der Waals surface area contributed by atoms with Crippen molar-refractivity contribution in [3.8, 4) is 0 Å². The zero-order valence-corrected chi connectivity index (χ0v) is 15.1. The summed E-state index contributed by atoms with van der Waals surface area (Å²) < 4.78 is 0. The van der Waals surface area contributed by atoms with E-state index >= 15 is 0 Å². The van der Waals surface area contributed by atoms with E-state index in [1.165, 1.54) is 0 Å². The highest BCUT2D eigenvalue weighted by Crippen LogP contribution is 2.33. The van der Waals surface area contributed by atoms with Crippen LogP contribution in [0.25, 0.3) is 10.8 Å². The predicted octanol–water partition coefficient (Wildman–Crippen LogP) is 4.12. The van der Waals surface area contributed by atoms with E-state index in [0.29, 0.717) is 13.1 Å². The van der Waals surface area contributed by atoms with E-state index in [0.717, 1.165) is 34.6 Å². The molecule has 4 nitrogen and oxygen atoms in total. The molecule has 3 rings (SSSR count). The van der Waals surface area contributed by atoms with E-state index in [9.17, 15) is 4.79 Å². The van der Waals surface area contributed by atoms with Crippen molar-refractivity contribution in [3.63, 3.8) is 0 Å². The second-order valence-electron chi connectivity index (χ2n) is 7.16. The molecule has 0 bridgehead atoms. The zero-order chi connectivity index (χ0) is 17.3. The van der Waals surface area contributed by atoms with Crippen molar-refractivity contribution < 1.29 is 9.63 Å². The molecule has 5 heteroatoms. The van der Waals surface area contributed by atoms with E-state index < -0.39 is 5.41 Å². The maximum atomic E-state index is 12.0. The van der Waals surface area contributed by atoms with E-state index in [2.05, 4.69) is 29.2 Å². The third kappa shape index (κ3) is 3.50. The number of nitrogens with zero attached hydrogens (tertiary/aromatic N) is 2. The topological polar surface area (TPSA) is 32.8 Å². The number of piperazine rings is 1. The van der Waals surface area contributed by atoms with Gasteiger partial charge in [-0.25, -0.2) is 4.79 Å². The van der Waals surface area contributed by atoms with Gasteiger partial charge in [-0.3, -0.25) is 0 Å². The number of carbonyl (C=O) groups excluding carboxylic acids is 1. The summed E-state index contributed by atoms with van der Waals surface area (Å²) in [6, 6.07) is 12.2. The maximum Gasteiger partial charge on any atom is 0.330 e. The Morgan fingerprint density at radius 1 is 1.04 bits per heavy atom. The monoisotopic (exact) mass is 346 g/mol. The number of rotatable bonds is 2. The van der Waals surface area contributed by atoms with Gasteiger partial charge >= 0.3 is 5.97 Å². The van der Waals surface area contributed by atoms with Crippen molar-refractivity contribution in [1.82, 2.24) is 5.06 Å². The molecule has 0 saturated carbocycles. The van der Waals surface area contributed by atoms with Crippen molar-refractivity contribution >= 4 is 34.0 Å². The maximum absolute atomic E-state index is 12.0. The van der Waals surface area contributed by atoms with Gasteiger partial charge < -0.3 is 9.74 Å². The first kappa shape index (κ1) is 17.1. The van der Waals surface area contributed by atoms with Crippen LogP contribution in [0.4, 0.5) is 5.69 Å². The first-order valence-electron chi connectivity index (χ1n) is 8.26. The van der Waals surface area contributed by atoms with E-state index in [4.69, 9.17) is 16.4 Å². The average Bonchev–Trinajstić information content (AvgIpc) is 2.54. The number of anilines is 1. The third-order valence-corrected chi connectivity index (χ3v) is 4.55. The van der Waals surface area contributed by atoms with E-state index in [-0.39, 0.29) is 5.97 Å². The fourth-order valence-corrected chi connectivity index (χ4v) is 3.09. The highest BCUT2D eigenvalue weighted by Gasteiger charge is 2.28. The number of fused-ring (bicyclic) bond motifs is 1. The number of hydrogen-bond donors (Lipinski definition) is 0. The number of hydroxylamine groups is 2. The van der Waals surface area contributed by atoms with Gasteiger partial charge in [-0.15, -0.1) is 5.06 Å². The lowest BCUT2D eigenvalue weighted by atomic mass is 9.98. The summed E-state index contributed by atoms with van der Waals surface area (Å²) >= 11 is 6.42. The normalized spacial score (nSPS) is 16.4. The Morgan fingerprint density at radius 2 is 1.67 bits per heavy atom. The highest BCUT2D eigenvalue weighted by atomic mass is 35.5. The van der Waals surface area contributed by atoms with Crippen LogP contribution in [-0.2, 0) is 9.63 Å². The molecular formula is C19H23ClN2O2. The summed E-state index contributed by atoms with van der Waals surface area (Å²) in [6.45, 7) is 8.55. The van der Waals surface area contributed by atoms with E-state index in [1.807, 2.05) is 32.9 Å². The fourth-order valence-electron chi connectivity index (χ4n) is 2.81. The van der Waals surface area contributed by atoms with Gasteiger partial charge in [0.2, 0.25) is 0 Å². The molecule has 1 saturated heterocycles. The summed E-state index contributed by atoms with van der Waals surface area (Å²) in [7, 11) is 0. The number of carbonyl (C=O) groups is 1. The molecule has 0 N–H and O–H groups in total. The SMILES string of the molecule is CC(C)(C)C(=O)ON1CCN(c2cccc3cccc(Cl)c23)CC1. The molecular weight excluding hydrogens is 324 g/mol. The van der Waals surface area contributed by atoms with Crippen LogP contribution in [0, 0.1) is 5.41 Å². The Labute approximate surface area is 147 Å². The Hall–Kier alpha value is -1.78. The van der Waals surface area contributed by atoms with Crippen molar-refractivity contribution in [1.29, 1.82) is 0 Å². The zero-order valence-electron chi connectivity index (χ0n) is 14.4. The van der Waals surface area contributed by atoms with Gasteiger partial charge in [0.05, 0.1) is 23.5 Å². The van der Waals surface area contributed by atoms with Crippen molar-refractivity contribution in [2.75, 3.05) is 31.1 Å². The minimum absolute atomic E-state index is 0.191. The van der Waals surface area contributed by atoms with Crippen molar-refractivity contribution in [2.45, 2.75) is 20.8 Å². The average molecular weight is 347 g/mol. The van der Waals surface area contributed by atoms with Gasteiger partial charge in [0.15, 0.2) is 0 Å². The molecule has 0 amide bonds. The summed E-state index contributed by atoms with van der Waals surface area (Å²) in [5.41, 5.74) is 0.653. The molecule has 1 heterocycles. The minimum Gasteiger partial charge on any atom is -0.368 e. The summed E-state index contributed by atoms with van der Waals surface area (Å²) in [4.78, 5) is 19.8. The van der Waals surface area contributed by atoms with Gasteiger partial charge in [-0.05, 0) is 38.3 Å². The van der Waals surface area contributed by atoms with E-state index in [1.54, 1.807) is 5.06 Å². The quantitative estimate of drug-likeness (QED) is 0.819. The van der Waals surface area contributed by atoms with Crippen LogP contribution in [0.15, 0.2) is 36.4 Å². The lowest BCUT2D eigenvalue weighted by molar-refractivity contribution is -0.201. The number of halogens is 1. The Kier molecular flexibility index (Phi) is 4.70. The molecule has 1 aliphatic heterocycles. The highest BCUT2D eigenvalue weighted by molar-refractivity contribution is 6.36. The van der Waals surface area contributed by atoms with Crippen LogP contribution in [0.3, 0.4) is 0 Å². The van der Waals surface area contributed by atoms with Gasteiger partial charge in [0.25, 0.3) is 0 Å². The van der Waals surface area contributed by atoms with Gasteiger partial charge in [-0.2, -0.15) is 0 Å². The molecule has 0 aliphatic carbocycles. The number of hydrogen-bond acceptors (Lipinski definition) is 4. The molecule has 128 valence electrons. The molecule has 2 aromatic rings. The Balaban J connectivity index is 1.73. The molecule has 0 atom stereocenters. The Bertz CT molecular complexity index is 741. The largest absolute Gasteiger partial charge is 0.368 e. The predicted molar refractivity (Wildman–Crippen MR) is 98.3 cm³/mol. The molecule has 0 radical (unpaired) electrons. The second kappa shape index (κ2) is 6.61. The lowest BCUT2D eigenvalue weighted by Crippen LogP contribution is -2.48. The Morgan fingerprint density at radius 3 is 2.29 bits per heavy atom. The lowest BCUT2D eigenvalue weighted by Gasteiger charge is -2.36. The van der Waals surface area contributed by atoms with Crippen LogP contribution in [0.2, 0.25) is 5.02 Å². The molecule has 0 unspecified atom stereocenters. The first-order valence-corrected chi connectivity index (χ1v) is 8.63. The molecule has 0 aromatic heterocycles. The van der Waals surface area contributed by atoms with Crippen molar-refractivity contribution in [2.24, 2.45) is 5.41 Å². The van der Waals surface area contributed by atoms with Crippen LogP contribution in [-0.4, -0.2) is 37.2 Å². The molecule has 0 spiro atoms. The van der Waals surface area contributed by atoms with Crippen LogP contribution < -0.4 is 4.90 Å². The molecule has 1 fully saturated rings. The summed E-state index contributed by atoms with van der Waals surface area (Å²) in [6.07, 6.45) is 0. The van der Waals surface area contributed by atoms with Crippen LogP contribution >= 0.6 is 11.6 Å². The van der Waals surface area contributed by atoms with Crippen LogP contribution in [0.5, 0.6) is 0 Å². The molecule has 2 aromatic carbocycles. The molecule has 24 heavy (non-hydrogen) atoms. The second-order valence-corrected chi connectivity index (χ2v) is 7.57. The fraction of sp³-hybridized carbons (Fsp3) is 0.421.